The van der Waals surface area contributed by atoms with Crippen molar-refractivity contribution in [2.75, 3.05) is 26.2 Å². The third kappa shape index (κ3) is 6.53. The van der Waals surface area contributed by atoms with Gasteiger partial charge in [-0.05, 0) is 25.8 Å². The number of amides is 1. The zero-order chi connectivity index (χ0) is 14.5. The molecule has 5 nitrogen and oxygen atoms in total. The summed E-state index contributed by atoms with van der Waals surface area (Å²) >= 11 is 0. The van der Waals surface area contributed by atoms with E-state index in [1.54, 1.807) is 13.3 Å². The summed E-state index contributed by atoms with van der Waals surface area (Å²) in [7, 11) is -2.19. The highest BCUT2D eigenvalue weighted by atomic mass is 31.2. The van der Waals surface area contributed by atoms with E-state index in [-0.39, 0.29) is 19.4 Å². The van der Waals surface area contributed by atoms with Crippen molar-refractivity contribution >= 4 is 13.0 Å². The molecular weight excluding hydrogens is 263 g/mol. The van der Waals surface area contributed by atoms with Gasteiger partial charge >= 0.3 is 0 Å². The van der Waals surface area contributed by atoms with Crippen molar-refractivity contribution in [1.29, 1.82) is 0 Å². The molecule has 0 heterocycles. The van der Waals surface area contributed by atoms with Gasteiger partial charge in [-0.25, -0.2) is 5.06 Å². The normalized spacial score (nSPS) is 11.4. The van der Waals surface area contributed by atoms with E-state index in [1.807, 2.05) is 31.2 Å². The van der Waals surface area contributed by atoms with Gasteiger partial charge in [-0.3, -0.25) is 10.0 Å². The average Bonchev–Trinajstić information content (AvgIpc) is 2.30. The summed E-state index contributed by atoms with van der Waals surface area (Å²) in [6.07, 6.45) is 0.289. The van der Waals surface area contributed by atoms with E-state index < -0.39 is 13.0 Å². The van der Waals surface area contributed by atoms with Gasteiger partial charge in [0.25, 0.3) is 5.91 Å². The molecular formula is C13H21N2O3P. The van der Waals surface area contributed by atoms with Gasteiger partial charge in [-0.2, -0.15) is 0 Å². The molecule has 6 heteroatoms. The second-order valence-corrected chi connectivity index (χ2v) is 8.56. The lowest BCUT2D eigenvalue weighted by Crippen LogP contribution is -2.35. The summed E-state index contributed by atoms with van der Waals surface area (Å²) in [5, 5.41) is 13.1. The van der Waals surface area contributed by atoms with Crippen LogP contribution < -0.4 is 5.32 Å². The second-order valence-electron chi connectivity index (χ2n) is 5.10. The van der Waals surface area contributed by atoms with Gasteiger partial charge in [-0.15, -0.1) is 0 Å². The van der Waals surface area contributed by atoms with Crippen LogP contribution in [0.3, 0.4) is 0 Å². The molecule has 2 N–H and O–H groups in total. The number of nitrogens with one attached hydrogen (secondary N) is 1. The Labute approximate surface area is 113 Å². The average molecular weight is 284 g/mol. The Kier molecular flexibility index (Phi) is 5.73. The highest BCUT2D eigenvalue weighted by Gasteiger charge is 2.13. The molecule has 0 aliphatic rings. The summed E-state index contributed by atoms with van der Waals surface area (Å²) in [5.41, 5.74) is 1.99. The number of hydroxylamine groups is 2. The molecule has 0 atom stereocenters. The van der Waals surface area contributed by atoms with Gasteiger partial charge in [0.1, 0.15) is 0 Å². The van der Waals surface area contributed by atoms with Gasteiger partial charge in [0.05, 0.1) is 20.2 Å². The minimum Gasteiger partial charge on any atom is -0.323 e. The molecule has 19 heavy (non-hydrogen) atoms. The Morgan fingerprint density at radius 1 is 1.32 bits per heavy atom. The first-order valence-corrected chi connectivity index (χ1v) is 8.86. The highest BCUT2D eigenvalue weighted by molar-refractivity contribution is 7.62. The number of aryl methyl sites for hydroxylation is 1. The fourth-order valence-corrected chi connectivity index (χ4v) is 2.13. The van der Waals surface area contributed by atoms with Gasteiger partial charge in [0.15, 0.2) is 0 Å². The first kappa shape index (κ1) is 15.9. The molecule has 0 saturated heterocycles. The Balaban J connectivity index is 2.40. The summed E-state index contributed by atoms with van der Waals surface area (Å²) in [5.74, 6) is -0.436. The van der Waals surface area contributed by atoms with E-state index in [0.717, 1.165) is 11.1 Å². The number of benzene rings is 1. The Bertz CT molecular complexity index is 467. The third-order valence-electron chi connectivity index (χ3n) is 2.51. The maximum Gasteiger partial charge on any atom is 0.260 e. The van der Waals surface area contributed by atoms with Crippen molar-refractivity contribution in [3.8, 4) is 0 Å². The summed E-state index contributed by atoms with van der Waals surface area (Å²) < 4.78 is 11.4. The predicted molar refractivity (Wildman–Crippen MR) is 75.8 cm³/mol. The Morgan fingerprint density at radius 3 is 2.42 bits per heavy atom. The number of nitrogens with zero attached hydrogens (tertiary/aromatic N) is 1. The van der Waals surface area contributed by atoms with E-state index in [1.165, 1.54) is 0 Å². The molecule has 106 valence electrons. The van der Waals surface area contributed by atoms with Crippen LogP contribution in [0.1, 0.15) is 11.1 Å². The topological polar surface area (TPSA) is 69.6 Å². The second kappa shape index (κ2) is 6.85. The molecule has 0 bridgehead atoms. The van der Waals surface area contributed by atoms with Crippen LogP contribution in [0.5, 0.6) is 0 Å². The molecule has 0 aliphatic carbocycles. The van der Waals surface area contributed by atoms with Crippen LogP contribution in [0.15, 0.2) is 24.3 Å². The molecule has 0 spiro atoms. The van der Waals surface area contributed by atoms with Crippen molar-refractivity contribution in [2.24, 2.45) is 0 Å². The molecule has 0 aliphatic heterocycles. The first-order chi connectivity index (χ1) is 8.78. The standard InChI is InChI=1S/C13H21N2O3P/c1-11-4-6-12(7-5-11)9-15(17)13(16)8-14-10-19(2,3)18/h4-7,14,17H,8-10H2,1-3H3. The van der Waals surface area contributed by atoms with Gasteiger partial charge in [-0.1, -0.05) is 29.8 Å². The maximum absolute atomic E-state index is 11.6. The molecule has 0 radical (unpaired) electrons. The van der Waals surface area contributed by atoms with Crippen molar-refractivity contribution < 1.29 is 14.6 Å². The number of carbonyl (C=O) groups excluding carboxylic acids is 1. The fourth-order valence-electron chi connectivity index (χ4n) is 1.48. The van der Waals surface area contributed by atoms with E-state index in [0.29, 0.717) is 5.06 Å². The van der Waals surface area contributed by atoms with E-state index in [2.05, 4.69) is 5.32 Å². The van der Waals surface area contributed by atoms with Crippen molar-refractivity contribution in [2.45, 2.75) is 13.5 Å². The summed E-state index contributed by atoms with van der Waals surface area (Å²) in [6, 6.07) is 7.59. The lowest BCUT2D eigenvalue weighted by atomic mass is 10.1. The molecule has 0 fully saturated rings. The summed E-state index contributed by atoms with van der Waals surface area (Å²) in [4.78, 5) is 11.6. The number of hydrogen-bond donors (Lipinski definition) is 2. The molecule has 0 saturated carbocycles. The minimum atomic E-state index is -2.19. The Morgan fingerprint density at radius 2 is 1.89 bits per heavy atom. The van der Waals surface area contributed by atoms with Crippen LogP contribution in [0, 0.1) is 6.92 Å². The summed E-state index contributed by atoms with van der Waals surface area (Å²) in [6.45, 7) is 5.40. The van der Waals surface area contributed by atoms with Crippen molar-refractivity contribution in [1.82, 2.24) is 10.4 Å². The van der Waals surface area contributed by atoms with Crippen LogP contribution in [0.4, 0.5) is 0 Å². The van der Waals surface area contributed by atoms with Crippen LogP contribution >= 0.6 is 7.14 Å². The van der Waals surface area contributed by atoms with Gasteiger partial charge < -0.3 is 9.88 Å². The number of carbonyl (C=O) groups is 1. The Hall–Kier alpha value is -1.16. The zero-order valence-electron chi connectivity index (χ0n) is 11.6. The highest BCUT2D eigenvalue weighted by Crippen LogP contribution is 2.33. The van der Waals surface area contributed by atoms with Crippen LogP contribution in [0.25, 0.3) is 0 Å². The molecule has 1 amide bonds. The quantitative estimate of drug-likeness (QED) is 0.475. The molecule has 1 rings (SSSR count). The van der Waals surface area contributed by atoms with Crippen molar-refractivity contribution in [3.63, 3.8) is 0 Å². The van der Waals surface area contributed by atoms with Crippen LogP contribution in [-0.2, 0) is 15.9 Å². The minimum absolute atomic E-state index is 0.0198. The monoisotopic (exact) mass is 284 g/mol. The maximum atomic E-state index is 11.6. The lowest BCUT2D eigenvalue weighted by Gasteiger charge is -2.16. The molecule has 0 unspecified atom stereocenters. The predicted octanol–water partition coefficient (Wildman–Crippen LogP) is 1.88. The van der Waals surface area contributed by atoms with Gasteiger partial charge in [0, 0.05) is 6.29 Å². The van der Waals surface area contributed by atoms with E-state index >= 15 is 0 Å². The smallest absolute Gasteiger partial charge is 0.260 e. The lowest BCUT2D eigenvalue weighted by molar-refractivity contribution is -0.166. The van der Waals surface area contributed by atoms with E-state index in [9.17, 15) is 14.6 Å². The SMILES string of the molecule is Cc1ccc(CN(O)C(=O)CNCP(C)(C)=O)cc1. The first-order valence-electron chi connectivity index (χ1n) is 6.07. The molecule has 0 aromatic heterocycles. The molecule has 1 aromatic carbocycles. The zero-order valence-corrected chi connectivity index (χ0v) is 12.5. The number of rotatable bonds is 6. The van der Waals surface area contributed by atoms with Crippen LogP contribution in [-0.4, -0.2) is 42.3 Å². The number of hydrogen-bond acceptors (Lipinski definition) is 4. The van der Waals surface area contributed by atoms with Crippen molar-refractivity contribution in [3.05, 3.63) is 35.4 Å². The third-order valence-corrected chi connectivity index (χ3v) is 3.49. The van der Waals surface area contributed by atoms with Crippen LogP contribution in [0.2, 0.25) is 0 Å². The molecule has 1 aromatic rings. The fraction of sp³-hybridized carbons (Fsp3) is 0.462. The largest absolute Gasteiger partial charge is 0.323 e. The van der Waals surface area contributed by atoms with E-state index in [4.69, 9.17) is 0 Å². The van der Waals surface area contributed by atoms with Gasteiger partial charge in [0.2, 0.25) is 0 Å².